The Morgan fingerprint density at radius 1 is 1.32 bits per heavy atom. The maximum Gasteiger partial charge on any atom is 0.356 e. The van der Waals surface area contributed by atoms with Gasteiger partial charge in [-0.3, -0.25) is 0 Å². The second kappa shape index (κ2) is 4.31. The van der Waals surface area contributed by atoms with Crippen molar-refractivity contribution in [2.45, 2.75) is 0 Å². The van der Waals surface area contributed by atoms with Crippen LogP contribution in [0.2, 0.25) is 0 Å². The lowest BCUT2D eigenvalue weighted by atomic mass is 10.1. The molecule has 2 aromatic rings. The summed E-state index contributed by atoms with van der Waals surface area (Å²) in [6.45, 7) is 0.199. The van der Waals surface area contributed by atoms with Crippen molar-refractivity contribution in [2.24, 2.45) is 0 Å². The highest BCUT2D eigenvalue weighted by Crippen LogP contribution is 2.37. The zero-order valence-electron chi connectivity index (χ0n) is 10.5. The summed E-state index contributed by atoms with van der Waals surface area (Å²) in [7, 11) is 3.10. The standard InChI is InChI=1S/C13H12N2O4/c1-14-8-4-10(13(16)17-2)15-9-5-12-11(3-7(8)9)18-6-19-12/h3-5H,6H2,1-2H3,(H,14,15). The van der Waals surface area contributed by atoms with Gasteiger partial charge in [-0.25, -0.2) is 9.78 Å². The van der Waals surface area contributed by atoms with Crippen LogP contribution in [0.4, 0.5) is 5.69 Å². The van der Waals surface area contributed by atoms with Gasteiger partial charge in [0.15, 0.2) is 17.2 Å². The number of hydrogen-bond donors (Lipinski definition) is 1. The van der Waals surface area contributed by atoms with Crippen molar-refractivity contribution in [1.82, 2.24) is 4.98 Å². The van der Waals surface area contributed by atoms with E-state index in [2.05, 4.69) is 10.3 Å². The van der Waals surface area contributed by atoms with Crippen LogP contribution in [-0.4, -0.2) is 31.9 Å². The second-order valence-electron chi connectivity index (χ2n) is 4.02. The van der Waals surface area contributed by atoms with E-state index in [1.165, 1.54) is 7.11 Å². The lowest BCUT2D eigenvalue weighted by molar-refractivity contribution is 0.0594. The molecule has 1 aliphatic heterocycles. The molecule has 19 heavy (non-hydrogen) atoms. The van der Waals surface area contributed by atoms with E-state index in [0.717, 1.165) is 11.1 Å². The van der Waals surface area contributed by atoms with Crippen LogP contribution in [0.1, 0.15) is 10.5 Å². The van der Waals surface area contributed by atoms with E-state index in [4.69, 9.17) is 14.2 Å². The number of pyridine rings is 1. The molecule has 6 nitrogen and oxygen atoms in total. The van der Waals surface area contributed by atoms with Gasteiger partial charge in [0.05, 0.1) is 12.6 Å². The molecule has 98 valence electrons. The third-order valence-electron chi connectivity index (χ3n) is 2.97. The van der Waals surface area contributed by atoms with Crippen LogP contribution in [0.15, 0.2) is 18.2 Å². The molecule has 0 saturated heterocycles. The summed E-state index contributed by atoms with van der Waals surface area (Å²) < 4.78 is 15.3. The molecule has 0 amide bonds. The molecule has 1 aliphatic rings. The lowest BCUT2D eigenvalue weighted by Crippen LogP contribution is -2.05. The zero-order valence-corrected chi connectivity index (χ0v) is 10.5. The topological polar surface area (TPSA) is 69.7 Å². The predicted molar refractivity (Wildman–Crippen MR) is 68.8 cm³/mol. The van der Waals surface area contributed by atoms with Crippen molar-refractivity contribution in [2.75, 3.05) is 26.3 Å². The molecule has 1 aromatic heterocycles. The summed E-state index contributed by atoms with van der Waals surface area (Å²) in [5.41, 5.74) is 1.68. The highest BCUT2D eigenvalue weighted by Gasteiger charge is 2.18. The van der Waals surface area contributed by atoms with Gasteiger partial charge in [0.2, 0.25) is 6.79 Å². The number of esters is 1. The van der Waals surface area contributed by atoms with Crippen molar-refractivity contribution >= 4 is 22.6 Å². The minimum absolute atomic E-state index is 0.199. The van der Waals surface area contributed by atoms with E-state index in [1.54, 1.807) is 19.2 Å². The van der Waals surface area contributed by atoms with Gasteiger partial charge in [-0.05, 0) is 12.1 Å². The number of nitrogens with one attached hydrogen (secondary N) is 1. The van der Waals surface area contributed by atoms with Crippen molar-refractivity contribution in [3.05, 3.63) is 23.9 Å². The number of benzene rings is 1. The number of aromatic nitrogens is 1. The fourth-order valence-electron chi connectivity index (χ4n) is 2.03. The maximum atomic E-state index is 11.6. The predicted octanol–water partition coefficient (Wildman–Crippen LogP) is 1.79. The number of rotatable bonds is 2. The lowest BCUT2D eigenvalue weighted by Gasteiger charge is -2.09. The summed E-state index contributed by atoms with van der Waals surface area (Å²) in [6.07, 6.45) is 0. The van der Waals surface area contributed by atoms with Crippen molar-refractivity contribution in [3.63, 3.8) is 0 Å². The van der Waals surface area contributed by atoms with Crippen LogP contribution >= 0.6 is 0 Å². The van der Waals surface area contributed by atoms with Crippen LogP contribution < -0.4 is 14.8 Å². The van der Waals surface area contributed by atoms with E-state index < -0.39 is 5.97 Å². The molecule has 0 fully saturated rings. The second-order valence-corrected chi connectivity index (χ2v) is 4.02. The van der Waals surface area contributed by atoms with Crippen LogP contribution in [0.25, 0.3) is 10.9 Å². The molecule has 0 bridgehead atoms. The number of fused-ring (bicyclic) bond motifs is 2. The van der Waals surface area contributed by atoms with Crippen LogP contribution in [0.5, 0.6) is 11.5 Å². The van der Waals surface area contributed by atoms with Gasteiger partial charge in [0.1, 0.15) is 0 Å². The molecule has 6 heteroatoms. The van der Waals surface area contributed by atoms with Crippen molar-refractivity contribution in [3.8, 4) is 11.5 Å². The third-order valence-corrected chi connectivity index (χ3v) is 2.97. The Hall–Kier alpha value is -2.50. The van der Waals surface area contributed by atoms with Gasteiger partial charge in [-0.2, -0.15) is 0 Å². The first-order valence-electron chi connectivity index (χ1n) is 5.73. The smallest absolute Gasteiger partial charge is 0.356 e. The number of methoxy groups -OCH3 is 1. The Labute approximate surface area is 109 Å². The molecule has 1 N–H and O–H groups in total. The molecule has 0 unspecified atom stereocenters. The summed E-state index contributed by atoms with van der Waals surface area (Å²) in [5, 5.41) is 3.90. The normalized spacial score (nSPS) is 12.5. The Balaban J connectivity index is 2.25. The molecule has 0 saturated carbocycles. The summed E-state index contributed by atoms with van der Waals surface area (Å²) >= 11 is 0. The summed E-state index contributed by atoms with van der Waals surface area (Å²) in [4.78, 5) is 15.9. The van der Waals surface area contributed by atoms with E-state index >= 15 is 0 Å². The molecule has 0 aliphatic carbocycles. The Kier molecular flexibility index (Phi) is 2.63. The quantitative estimate of drug-likeness (QED) is 0.830. The van der Waals surface area contributed by atoms with Crippen molar-refractivity contribution < 1.29 is 19.0 Å². The third kappa shape index (κ3) is 1.81. The summed E-state index contributed by atoms with van der Waals surface area (Å²) in [5.74, 6) is 0.830. The van der Waals surface area contributed by atoms with Crippen molar-refractivity contribution in [1.29, 1.82) is 0 Å². The van der Waals surface area contributed by atoms with E-state index in [-0.39, 0.29) is 12.5 Å². The molecular formula is C13H12N2O4. The molecule has 1 aromatic carbocycles. The fraction of sp³-hybridized carbons (Fsp3) is 0.231. The maximum absolute atomic E-state index is 11.6. The number of anilines is 1. The average Bonchev–Trinajstić information content (AvgIpc) is 2.89. The Morgan fingerprint density at radius 3 is 2.74 bits per heavy atom. The monoisotopic (exact) mass is 260 g/mol. The zero-order chi connectivity index (χ0) is 13.4. The number of ether oxygens (including phenoxy) is 3. The van der Waals surface area contributed by atoms with Gasteiger partial charge >= 0.3 is 5.97 Å². The molecule has 0 spiro atoms. The molecular weight excluding hydrogens is 248 g/mol. The SMILES string of the molecule is CNc1cc(C(=O)OC)nc2cc3c(cc12)OCO3. The Bertz CT molecular complexity index is 669. The number of nitrogens with zero attached hydrogens (tertiary/aromatic N) is 1. The first-order valence-corrected chi connectivity index (χ1v) is 5.73. The highest BCUT2D eigenvalue weighted by molar-refractivity contribution is 5.99. The molecule has 0 radical (unpaired) electrons. The van der Waals surface area contributed by atoms with E-state index in [9.17, 15) is 4.79 Å². The summed E-state index contributed by atoms with van der Waals surface area (Å²) in [6, 6.07) is 5.25. The Morgan fingerprint density at radius 2 is 2.05 bits per heavy atom. The average molecular weight is 260 g/mol. The van der Waals surface area contributed by atoms with Crippen LogP contribution in [0, 0.1) is 0 Å². The first kappa shape index (κ1) is 11.6. The van der Waals surface area contributed by atoms with E-state index in [0.29, 0.717) is 17.0 Å². The van der Waals surface area contributed by atoms with Crippen LogP contribution in [0.3, 0.4) is 0 Å². The minimum atomic E-state index is -0.476. The van der Waals surface area contributed by atoms with Gasteiger partial charge in [-0.1, -0.05) is 0 Å². The van der Waals surface area contributed by atoms with Gasteiger partial charge < -0.3 is 19.5 Å². The molecule has 3 rings (SSSR count). The van der Waals surface area contributed by atoms with Gasteiger partial charge in [0.25, 0.3) is 0 Å². The van der Waals surface area contributed by atoms with Crippen LogP contribution in [-0.2, 0) is 4.74 Å². The molecule has 0 atom stereocenters. The minimum Gasteiger partial charge on any atom is -0.464 e. The number of carbonyl (C=O) groups excluding carboxylic acids is 1. The van der Waals surface area contributed by atoms with Gasteiger partial charge in [-0.15, -0.1) is 0 Å². The van der Waals surface area contributed by atoms with Gasteiger partial charge in [0, 0.05) is 24.2 Å². The largest absolute Gasteiger partial charge is 0.464 e. The van der Waals surface area contributed by atoms with E-state index in [1.807, 2.05) is 6.07 Å². The molecule has 2 heterocycles. The fourth-order valence-corrected chi connectivity index (χ4v) is 2.03. The highest BCUT2D eigenvalue weighted by atomic mass is 16.7. The number of hydrogen-bond acceptors (Lipinski definition) is 6. The first-order chi connectivity index (χ1) is 9.22. The number of carbonyl (C=O) groups is 1.